The Balaban J connectivity index is 1.68. The van der Waals surface area contributed by atoms with Gasteiger partial charge < -0.3 is 19.9 Å². The van der Waals surface area contributed by atoms with Crippen LogP contribution in [0.1, 0.15) is 29.7 Å². The van der Waals surface area contributed by atoms with Gasteiger partial charge >= 0.3 is 0 Å². The Morgan fingerprint density at radius 3 is 2.81 bits per heavy atom. The minimum absolute atomic E-state index is 0.0651. The van der Waals surface area contributed by atoms with E-state index < -0.39 is 0 Å². The zero-order valence-corrected chi connectivity index (χ0v) is 12.2. The average Bonchev–Trinajstić information content (AvgIpc) is 2.94. The molecule has 1 atom stereocenters. The van der Waals surface area contributed by atoms with E-state index in [9.17, 15) is 5.11 Å². The van der Waals surface area contributed by atoms with Crippen LogP contribution in [0.15, 0.2) is 36.4 Å². The molecule has 0 saturated heterocycles. The first-order valence-electron chi connectivity index (χ1n) is 7.05. The molecule has 2 aromatic rings. The molecule has 21 heavy (non-hydrogen) atoms. The molecule has 0 saturated carbocycles. The van der Waals surface area contributed by atoms with E-state index in [1.54, 1.807) is 6.07 Å². The fourth-order valence-electron chi connectivity index (χ4n) is 2.45. The number of benzene rings is 2. The topological polar surface area (TPSA) is 50.7 Å². The summed E-state index contributed by atoms with van der Waals surface area (Å²) in [6, 6.07) is 11.6. The van der Waals surface area contributed by atoms with Crippen molar-refractivity contribution in [2.75, 3.05) is 6.79 Å². The first kappa shape index (κ1) is 13.8. The number of ether oxygens (including phenoxy) is 2. The number of hydrogen-bond acceptors (Lipinski definition) is 4. The van der Waals surface area contributed by atoms with E-state index in [2.05, 4.69) is 5.32 Å². The van der Waals surface area contributed by atoms with Crippen LogP contribution in [0.5, 0.6) is 17.2 Å². The number of rotatable bonds is 4. The van der Waals surface area contributed by atoms with E-state index in [4.69, 9.17) is 9.47 Å². The molecule has 4 nitrogen and oxygen atoms in total. The molecule has 110 valence electrons. The van der Waals surface area contributed by atoms with Crippen LogP contribution in [0.4, 0.5) is 0 Å². The molecule has 0 radical (unpaired) electrons. The van der Waals surface area contributed by atoms with Crippen LogP contribution < -0.4 is 14.8 Å². The van der Waals surface area contributed by atoms with Gasteiger partial charge in [0, 0.05) is 18.2 Å². The van der Waals surface area contributed by atoms with Crippen LogP contribution >= 0.6 is 0 Å². The summed E-state index contributed by atoms with van der Waals surface area (Å²) in [6.45, 7) is 5.06. The molecule has 0 amide bonds. The molecule has 0 aliphatic carbocycles. The van der Waals surface area contributed by atoms with Gasteiger partial charge in [-0.2, -0.15) is 0 Å². The first-order valence-corrected chi connectivity index (χ1v) is 7.05. The molecule has 2 N–H and O–H groups in total. The highest BCUT2D eigenvalue weighted by Crippen LogP contribution is 2.32. The lowest BCUT2D eigenvalue weighted by molar-refractivity contribution is 0.174. The van der Waals surface area contributed by atoms with Crippen molar-refractivity contribution in [1.82, 2.24) is 5.32 Å². The summed E-state index contributed by atoms with van der Waals surface area (Å²) in [5, 5.41) is 13.4. The van der Waals surface area contributed by atoms with Gasteiger partial charge in [-0.3, -0.25) is 0 Å². The number of hydrogen-bond donors (Lipinski definition) is 2. The second-order valence-corrected chi connectivity index (χ2v) is 5.35. The number of aryl methyl sites for hydroxylation is 1. The maximum Gasteiger partial charge on any atom is 0.231 e. The van der Waals surface area contributed by atoms with E-state index in [0.717, 1.165) is 28.2 Å². The number of aromatic hydroxyl groups is 1. The number of fused-ring (bicyclic) bond motifs is 1. The summed E-state index contributed by atoms with van der Waals surface area (Å²) in [6.07, 6.45) is 0. The number of nitrogens with one attached hydrogen (secondary N) is 1. The van der Waals surface area contributed by atoms with Crippen LogP contribution in [0.25, 0.3) is 0 Å². The van der Waals surface area contributed by atoms with Gasteiger partial charge in [-0.05, 0) is 37.6 Å². The average molecular weight is 285 g/mol. The minimum Gasteiger partial charge on any atom is -0.508 e. The Kier molecular flexibility index (Phi) is 3.71. The third-order valence-electron chi connectivity index (χ3n) is 3.70. The molecular weight excluding hydrogens is 266 g/mol. The predicted molar refractivity (Wildman–Crippen MR) is 80.7 cm³/mol. The van der Waals surface area contributed by atoms with Crippen molar-refractivity contribution in [2.45, 2.75) is 26.4 Å². The molecule has 4 heteroatoms. The van der Waals surface area contributed by atoms with Crippen molar-refractivity contribution >= 4 is 0 Å². The Labute approximate surface area is 124 Å². The van der Waals surface area contributed by atoms with Gasteiger partial charge in [-0.1, -0.05) is 23.8 Å². The molecule has 1 unspecified atom stereocenters. The van der Waals surface area contributed by atoms with E-state index in [1.807, 2.05) is 44.2 Å². The molecule has 1 aliphatic rings. The second-order valence-electron chi connectivity index (χ2n) is 5.35. The van der Waals surface area contributed by atoms with Gasteiger partial charge in [-0.15, -0.1) is 0 Å². The monoisotopic (exact) mass is 285 g/mol. The fraction of sp³-hybridized carbons (Fsp3) is 0.294. The van der Waals surface area contributed by atoms with Crippen LogP contribution in [0.3, 0.4) is 0 Å². The summed E-state index contributed by atoms with van der Waals surface area (Å²) in [7, 11) is 0. The molecule has 3 rings (SSSR count). The molecule has 2 aromatic carbocycles. The van der Waals surface area contributed by atoms with Gasteiger partial charge in [0.05, 0.1) is 0 Å². The van der Waals surface area contributed by atoms with E-state index in [0.29, 0.717) is 19.1 Å². The van der Waals surface area contributed by atoms with Crippen molar-refractivity contribution in [3.05, 3.63) is 53.1 Å². The van der Waals surface area contributed by atoms with Crippen LogP contribution in [-0.2, 0) is 6.54 Å². The Hall–Kier alpha value is -2.20. The van der Waals surface area contributed by atoms with E-state index in [-0.39, 0.29) is 6.04 Å². The Bertz CT molecular complexity index is 654. The lowest BCUT2D eigenvalue weighted by Gasteiger charge is -2.16. The normalized spacial score (nSPS) is 14.2. The largest absolute Gasteiger partial charge is 0.508 e. The van der Waals surface area contributed by atoms with Gasteiger partial charge in [-0.25, -0.2) is 0 Å². The first-order chi connectivity index (χ1) is 10.1. The van der Waals surface area contributed by atoms with E-state index >= 15 is 0 Å². The summed E-state index contributed by atoms with van der Waals surface area (Å²) in [5.41, 5.74) is 3.17. The standard InChI is InChI=1S/C17H19NO3/c1-11-3-5-15(19)14(7-11)12(2)18-9-13-4-6-16-17(8-13)21-10-20-16/h3-8,12,18-19H,9-10H2,1-2H3. The quantitative estimate of drug-likeness (QED) is 0.905. The Morgan fingerprint density at radius 2 is 1.95 bits per heavy atom. The highest BCUT2D eigenvalue weighted by molar-refractivity contribution is 5.44. The number of phenolic OH excluding ortho intramolecular Hbond substituents is 1. The highest BCUT2D eigenvalue weighted by atomic mass is 16.7. The van der Waals surface area contributed by atoms with Crippen molar-refractivity contribution < 1.29 is 14.6 Å². The summed E-state index contributed by atoms with van der Waals surface area (Å²) in [4.78, 5) is 0. The maximum absolute atomic E-state index is 9.95. The highest BCUT2D eigenvalue weighted by Gasteiger charge is 2.14. The predicted octanol–water partition coefficient (Wildman–Crippen LogP) is 3.28. The van der Waals surface area contributed by atoms with E-state index in [1.165, 1.54) is 0 Å². The molecule has 0 spiro atoms. The van der Waals surface area contributed by atoms with Crippen LogP contribution in [0.2, 0.25) is 0 Å². The number of phenols is 1. The second kappa shape index (κ2) is 5.66. The fourth-order valence-corrected chi connectivity index (χ4v) is 2.45. The minimum atomic E-state index is 0.0651. The third kappa shape index (κ3) is 2.95. The summed E-state index contributed by atoms with van der Waals surface area (Å²) < 4.78 is 10.7. The van der Waals surface area contributed by atoms with Crippen molar-refractivity contribution in [3.63, 3.8) is 0 Å². The van der Waals surface area contributed by atoms with Gasteiger partial charge in [0.25, 0.3) is 0 Å². The van der Waals surface area contributed by atoms with Crippen LogP contribution in [-0.4, -0.2) is 11.9 Å². The molecule has 1 heterocycles. The van der Waals surface area contributed by atoms with Gasteiger partial charge in [0.15, 0.2) is 11.5 Å². The summed E-state index contributed by atoms with van der Waals surface area (Å²) in [5.74, 6) is 1.91. The zero-order valence-electron chi connectivity index (χ0n) is 12.2. The Morgan fingerprint density at radius 1 is 1.14 bits per heavy atom. The van der Waals surface area contributed by atoms with Crippen LogP contribution in [0, 0.1) is 6.92 Å². The van der Waals surface area contributed by atoms with Crippen molar-refractivity contribution in [3.8, 4) is 17.2 Å². The molecule has 1 aliphatic heterocycles. The molecular formula is C17H19NO3. The zero-order chi connectivity index (χ0) is 14.8. The summed E-state index contributed by atoms with van der Waals surface area (Å²) >= 11 is 0. The van der Waals surface area contributed by atoms with Crippen molar-refractivity contribution in [1.29, 1.82) is 0 Å². The van der Waals surface area contributed by atoms with Gasteiger partial charge in [0.2, 0.25) is 6.79 Å². The maximum atomic E-state index is 9.95. The van der Waals surface area contributed by atoms with Gasteiger partial charge in [0.1, 0.15) is 5.75 Å². The molecule has 0 aromatic heterocycles. The molecule has 0 bridgehead atoms. The lowest BCUT2D eigenvalue weighted by atomic mass is 10.0. The smallest absolute Gasteiger partial charge is 0.231 e. The van der Waals surface area contributed by atoms with Crippen molar-refractivity contribution in [2.24, 2.45) is 0 Å². The third-order valence-corrected chi connectivity index (χ3v) is 3.70. The molecule has 0 fully saturated rings. The lowest BCUT2D eigenvalue weighted by Crippen LogP contribution is -2.18. The SMILES string of the molecule is Cc1ccc(O)c(C(C)NCc2ccc3c(c2)OCO3)c1.